The summed E-state index contributed by atoms with van der Waals surface area (Å²) in [7, 11) is 1.98. The fraction of sp³-hybridized carbons (Fsp3) is 0.350. The number of benzene rings is 2. The number of rotatable bonds is 7. The zero-order valence-electron chi connectivity index (χ0n) is 14.3. The quantitative estimate of drug-likeness (QED) is 0.850. The third-order valence-electron chi connectivity index (χ3n) is 4.10. The van der Waals surface area contributed by atoms with Gasteiger partial charge in [0.25, 0.3) is 0 Å². The summed E-state index contributed by atoms with van der Waals surface area (Å²) in [6, 6.07) is 18.1. The molecule has 0 bridgehead atoms. The van der Waals surface area contributed by atoms with Crippen LogP contribution in [0.2, 0.25) is 0 Å². The monoisotopic (exact) mass is 310 g/mol. The Kier molecular flexibility index (Phi) is 6.36. The van der Waals surface area contributed by atoms with E-state index in [-0.39, 0.29) is 11.9 Å². The molecule has 0 aliphatic heterocycles. The van der Waals surface area contributed by atoms with Crippen LogP contribution in [0.1, 0.15) is 29.7 Å². The molecule has 2 rings (SSSR count). The lowest BCUT2D eigenvalue weighted by Gasteiger charge is -2.26. The number of hydrogen-bond acceptors (Lipinski definition) is 2. The smallest absolute Gasteiger partial charge is 0.241 e. The van der Waals surface area contributed by atoms with Crippen molar-refractivity contribution in [2.45, 2.75) is 26.3 Å². The molecule has 0 radical (unpaired) electrons. The lowest BCUT2D eigenvalue weighted by Crippen LogP contribution is -2.39. The van der Waals surface area contributed by atoms with Gasteiger partial charge in [0, 0.05) is 6.54 Å². The summed E-state index contributed by atoms with van der Waals surface area (Å²) in [5.41, 5.74) is 3.54. The Hall–Kier alpha value is -2.13. The zero-order valence-corrected chi connectivity index (χ0v) is 14.3. The Labute approximate surface area is 139 Å². The first-order chi connectivity index (χ1) is 11.1. The average Bonchev–Trinajstić information content (AvgIpc) is 2.56. The van der Waals surface area contributed by atoms with Gasteiger partial charge in [0.1, 0.15) is 6.04 Å². The van der Waals surface area contributed by atoms with E-state index in [1.54, 1.807) is 0 Å². The number of amides is 1. The van der Waals surface area contributed by atoms with Gasteiger partial charge in [-0.05, 0) is 38.1 Å². The van der Waals surface area contributed by atoms with Gasteiger partial charge in [-0.2, -0.15) is 0 Å². The Bertz CT molecular complexity index is 625. The van der Waals surface area contributed by atoms with Crippen LogP contribution in [0.15, 0.2) is 54.6 Å². The van der Waals surface area contributed by atoms with Crippen LogP contribution in [0.5, 0.6) is 0 Å². The van der Waals surface area contributed by atoms with Gasteiger partial charge in [0.05, 0.1) is 0 Å². The normalized spacial score (nSPS) is 12.2. The van der Waals surface area contributed by atoms with Crippen LogP contribution in [0.4, 0.5) is 0 Å². The summed E-state index contributed by atoms with van der Waals surface area (Å²) in [5, 5.41) is 3.08. The first-order valence-electron chi connectivity index (χ1n) is 8.20. The van der Waals surface area contributed by atoms with E-state index in [1.807, 2.05) is 37.4 Å². The van der Waals surface area contributed by atoms with Crippen molar-refractivity contribution in [1.29, 1.82) is 0 Å². The van der Waals surface area contributed by atoms with Crippen LogP contribution < -0.4 is 5.32 Å². The van der Waals surface area contributed by atoms with Crippen LogP contribution >= 0.6 is 0 Å². The molecule has 0 spiro atoms. The predicted molar refractivity (Wildman–Crippen MR) is 95.4 cm³/mol. The molecule has 23 heavy (non-hydrogen) atoms. The molecule has 1 N–H and O–H groups in total. The summed E-state index contributed by atoms with van der Waals surface area (Å²) in [6.07, 6.45) is 0.852. The van der Waals surface area contributed by atoms with Crippen molar-refractivity contribution < 1.29 is 4.79 Å². The molecule has 1 atom stereocenters. The maximum Gasteiger partial charge on any atom is 0.241 e. The number of aryl methyl sites for hydroxylation is 1. The topological polar surface area (TPSA) is 32.3 Å². The molecule has 122 valence electrons. The molecular formula is C20H26N2O. The van der Waals surface area contributed by atoms with E-state index < -0.39 is 0 Å². The Balaban J connectivity index is 1.98. The van der Waals surface area contributed by atoms with Crippen LogP contribution in [-0.2, 0) is 11.2 Å². The highest BCUT2D eigenvalue weighted by atomic mass is 16.2. The highest BCUT2D eigenvalue weighted by Gasteiger charge is 2.23. The van der Waals surface area contributed by atoms with Gasteiger partial charge in [-0.25, -0.2) is 0 Å². The van der Waals surface area contributed by atoms with Gasteiger partial charge in [0.15, 0.2) is 0 Å². The summed E-state index contributed by atoms with van der Waals surface area (Å²) >= 11 is 0. The second kappa shape index (κ2) is 8.49. The summed E-state index contributed by atoms with van der Waals surface area (Å²) in [5.74, 6) is 0.0632. The van der Waals surface area contributed by atoms with Crippen LogP contribution in [0.25, 0.3) is 0 Å². The molecule has 3 heteroatoms. The molecule has 1 amide bonds. The lowest BCUT2D eigenvalue weighted by atomic mass is 10.0. The first kappa shape index (κ1) is 17.2. The third-order valence-corrected chi connectivity index (χ3v) is 4.10. The lowest BCUT2D eigenvalue weighted by molar-refractivity contribution is -0.126. The Morgan fingerprint density at radius 2 is 1.87 bits per heavy atom. The summed E-state index contributed by atoms with van der Waals surface area (Å²) in [6.45, 7) is 5.63. The third kappa shape index (κ3) is 4.93. The van der Waals surface area contributed by atoms with Crippen molar-refractivity contribution in [2.75, 3.05) is 20.1 Å². The minimum absolute atomic E-state index is 0.0632. The maximum atomic E-state index is 12.6. The highest BCUT2D eigenvalue weighted by Crippen LogP contribution is 2.19. The molecule has 2 aromatic carbocycles. The van der Waals surface area contributed by atoms with Gasteiger partial charge >= 0.3 is 0 Å². The van der Waals surface area contributed by atoms with Crippen molar-refractivity contribution in [3.05, 3.63) is 71.3 Å². The fourth-order valence-corrected chi connectivity index (χ4v) is 2.72. The molecule has 2 aromatic rings. The predicted octanol–water partition coefficient (Wildman–Crippen LogP) is 3.35. The number of carbonyl (C=O) groups is 1. The standard InChI is InChI=1S/C20H26N2O/c1-4-22(3)19(18-11-6-5-7-12-18)20(23)21-14-13-17-10-8-9-16(2)15-17/h5-12,15,19H,4,13-14H2,1-3H3,(H,21,23). The summed E-state index contributed by atoms with van der Waals surface area (Å²) in [4.78, 5) is 14.7. The van der Waals surface area contributed by atoms with Gasteiger partial charge in [-0.3, -0.25) is 9.69 Å². The number of nitrogens with one attached hydrogen (secondary N) is 1. The van der Waals surface area contributed by atoms with E-state index in [4.69, 9.17) is 0 Å². The molecule has 0 aliphatic carbocycles. The van der Waals surface area contributed by atoms with E-state index in [2.05, 4.69) is 48.3 Å². The van der Waals surface area contributed by atoms with Crippen molar-refractivity contribution in [1.82, 2.24) is 10.2 Å². The van der Waals surface area contributed by atoms with Crippen molar-refractivity contribution >= 4 is 5.91 Å². The van der Waals surface area contributed by atoms with Crippen LogP contribution in [-0.4, -0.2) is 30.9 Å². The van der Waals surface area contributed by atoms with E-state index in [1.165, 1.54) is 11.1 Å². The molecule has 0 saturated heterocycles. The van der Waals surface area contributed by atoms with Crippen molar-refractivity contribution in [3.8, 4) is 0 Å². The van der Waals surface area contributed by atoms with Crippen molar-refractivity contribution in [3.63, 3.8) is 0 Å². The fourth-order valence-electron chi connectivity index (χ4n) is 2.72. The van der Waals surface area contributed by atoms with Gasteiger partial charge in [0.2, 0.25) is 5.91 Å². The van der Waals surface area contributed by atoms with Crippen LogP contribution in [0.3, 0.4) is 0 Å². The van der Waals surface area contributed by atoms with E-state index in [0.717, 1.165) is 18.5 Å². The molecule has 1 unspecified atom stereocenters. The minimum atomic E-state index is -0.237. The van der Waals surface area contributed by atoms with E-state index >= 15 is 0 Å². The second-order valence-electron chi connectivity index (χ2n) is 5.92. The number of likely N-dealkylation sites (N-methyl/N-ethyl adjacent to an activating group) is 1. The summed E-state index contributed by atoms with van der Waals surface area (Å²) < 4.78 is 0. The number of carbonyl (C=O) groups excluding carboxylic acids is 1. The minimum Gasteiger partial charge on any atom is -0.354 e. The van der Waals surface area contributed by atoms with Gasteiger partial charge < -0.3 is 5.32 Å². The molecule has 3 nitrogen and oxygen atoms in total. The number of hydrogen-bond donors (Lipinski definition) is 1. The largest absolute Gasteiger partial charge is 0.354 e. The molecule has 0 fully saturated rings. The Morgan fingerprint density at radius 3 is 2.52 bits per heavy atom. The average molecular weight is 310 g/mol. The molecule has 0 heterocycles. The SMILES string of the molecule is CCN(C)C(C(=O)NCCc1cccc(C)c1)c1ccccc1. The van der Waals surface area contributed by atoms with Gasteiger partial charge in [-0.15, -0.1) is 0 Å². The maximum absolute atomic E-state index is 12.6. The van der Waals surface area contributed by atoms with Crippen molar-refractivity contribution in [2.24, 2.45) is 0 Å². The van der Waals surface area contributed by atoms with Crippen LogP contribution in [0, 0.1) is 6.92 Å². The first-order valence-corrected chi connectivity index (χ1v) is 8.20. The Morgan fingerprint density at radius 1 is 1.13 bits per heavy atom. The molecular weight excluding hydrogens is 284 g/mol. The van der Waals surface area contributed by atoms with E-state index in [9.17, 15) is 4.79 Å². The molecule has 0 aliphatic rings. The van der Waals surface area contributed by atoms with Gasteiger partial charge in [-0.1, -0.05) is 67.1 Å². The highest BCUT2D eigenvalue weighted by molar-refractivity contribution is 5.83. The molecule has 0 saturated carbocycles. The second-order valence-corrected chi connectivity index (χ2v) is 5.92. The zero-order chi connectivity index (χ0) is 16.7. The molecule has 0 aromatic heterocycles. The number of nitrogens with zero attached hydrogens (tertiary/aromatic N) is 1. The van der Waals surface area contributed by atoms with E-state index in [0.29, 0.717) is 6.54 Å².